The number of benzene rings is 2. The normalized spacial score (nSPS) is 17.1. The molecule has 1 amide bonds. The number of carbonyl (C=O) groups is 3. The van der Waals surface area contributed by atoms with Crippen LogP contribution in [0.2, 0.25) is 0 Å². The Balaban J connectivity index is 2.06. The van der Waals surface area contributed by atoms with Crippen LogP contribution in [0, 0.1) is 5.82 Å². The standard InChI is InChI=1S/C25H26FNO7/c1-33-17-11-12-18(19(14-17)34-2)22-21(23(30)15-7-9-16(26)10-8-15)24(31)25(32)27(22)13-5-3-4-6-20(28)29/h7-12,14,22,30H,3-6,13H2,1-2H3,(H,28,29)/t22-/m1/s1. The van der Waals surface area contributed by atoms with Gasteiger partial charge in [-0.3, -0.25) is 14.4 Å². The third-order valence-corrected chi connectivity index (χ3v) is 5.68. The van der Waals surface area contributed by atoms with Crippen LogP contribution < -0.4 is 9.47 Å². The maximum absolute atomic E-state index is 13.4. The molecule has 0 unspecified atom stereocenters. The SMILES string of the molecule is COc1ccc([C@@H]2C(=C(O)c3ccc(F)cc3)C(=O)C(=O)N2CCCCCC(=O)O)c(OC)c1. The smallest absolute Gasteiger partial charge is 0.303 e. The van der Waals surface area contributed by atoms with Crippen LogP contribution in [0.25, 0.3) is 5.76 Å². The molecular weight excluding hydrogens is 445 g/mol. The number of ketones is 1. The number of aliphatic hydroxyl groups is 1. The van der Waals surface area contributed by atoms with Gasteiger partial charge in [0.15, 0.2) is 0 Å². The fourth-order valence-electron chi connectivity index (χ4n) is 3.98. The van der Waals surface area contributed by atoms with Crippen molar-refractivity contribution in [2.45, 2.75) is 31.7 Å². The molecule has 3 rings (SSSR count). The fraction of sp³-hybridized carbons (Fsp3) is 0.320. The maximum Gasteiger partial charge on any atom is 0.303 e. The summed E-state index contributed by atoms with van der Waals surface area (Å²) in [7, 11) is 2.93. The van der Waals surface area contributed by atoms with Gasteiger partial charge in [0.2, 0.25) is 0 Å². The molecule has 1 fully saturated rings. The molecule has 0 saturated carbocycles. The Morgan fingerprint density at radius 1 is 1.00 bits per heavy atom. The van der Waals surface area contributed by atoms with Gasteiger partial charge in [-0.05, 0) is 49.2 Å². The largest absolute Gasteiger partial charge is 0.507 e. The van der Waals surface area contributed by atoms with Gasteiger partial charge in [-0.25, -0.2) is 4.39 Å². The topological polar surface area (TPSA) is 113 Å². The van der Waals surface area contributed by atoms with E-state index >= 15 is 0 Å². The number of carbonyl (C=O) groups excluding carboxylic acids is 2. The summed E-state index contributed by atoms with van der Waals surface area (Å²) in [6.07, 6.45) is 1.45. The number of carboxylic acids is 1. The average molecular weight is 471 g/mol. The van der Waals surface area contributed by atoms with Crippen LogP contribution in [0.4, 0.5) is 4.39 Å². The van der Waals surface area contributed by atoms with E-state index in [0.717, 1.165) is 12.1 Å². The average Bonchev–Trinajstić information content (AvgIpc) is 3.08. The summed E-state index contributed by atoms with van der Waals surface area (Å²) >= 11 is 0. The van der Waals surface area contributed by atoms with Crippen LogP contribution >= 0.6 is 0 Å². The number of ether oxygens (including phenoxy) is 2. The number of hydrogen-bond donors (Lipinski definition) is 2. The summed E-state index contributed by atoms with van der Waals surface area (Å²) in [5, 5.41) is 19.8. The van der Waals surface area contributed by atoms with Gasteiger partial charge >= 0.3 is 5.97 Å². The lowest BCUT2D eigenvalue weighted by Crippen LogP contribution is -2.31. The molecule has 34 heavy (non-hydrogen) atoms. The first-order valence-electron chi connectivity index (χ1n) is 10.8. The number of aliphatic hydroxyl groups excluding tert-OH is 1. The molecule has 0 aliphatic carbocycles. The number of rotatable bonds is 10. The molecule has 0 radical (unpaired) electrons. The van der Waals surface area contributed by atoms with E-state index in [2.05, 4.69) is 0 Å². The molecule has 0 bridgehead atoms. The van der Waals surface area contributed by atoms with E-state index in [-0.39, 0.29) is 24.1 Å². The Morgan fingerprint density at radius 2 is 1.71 bits per heavy atom. The zero-order valence-corrected chi connectivity index (χ0v) is 18.9. The van der Waals surface area contributed by atoms with E-state index in [1.54, 1.807) is 18.2 Å². The van der Waals surface area contributed by atoms with Crippen LogP contribution in [-0.4, -0.2) is 53.5 Å². The molecule has 180 valence electrons. The molecule has 0 aromatic heterocycles. The summed E-state index contributed by atoms with van der Waals surface area (Å²) in [5.74, 6) is -2.62. The molecule has 1 saturated heterocycles. The highest BCUT2D eigenvalue weighted by molar-refractivity contribution is 6.46. The highest BCUT2D eigenvalue weighted by atomic mass is 19.1. The number of unbranched alkanes of at least 4 members (excludes halogenated alkanes) is 2. The Bertz CT molecular complexity index is 1110. The van der Waals surface area contributed by atoms with Gasteiger partial charge in [-0.1, -0.05) is 6.42 Å². The van der Waals surface area contributed by atoms with Crippen molar-refractivity contribution >= 4 is 23.4 Å². The van der Waals surface area contributed by atoms with E-state index in [1.807, 2.05) is 0 Å². The van der Waals surface area contributed by atoms with Crippen LogP contribution in [0.3, 0.4) is 0 Å². The molecule has 1 atom stereocenters. The second-order valence-electron chi connectivity index (χ2n) is 7.81. The first-order chi connectivity index (χ1) is 16.3. The quantitative estimate of drug-likeness (QED) is 0.234. The van der Waals surface area contributed by atoms with E-state index in [0.29, 0.717) is 36.3 Å². The van der Waals surface area contributed by atoms with Crippen LogP contribution in [0.5, 0.6) is 11.5 Å². The molecule has 1 aliphatic rings. The lowest BCUT2D eigenvalue weighted by atomic mass is 9.94. The molecule has 2 N–H and O–H groups in total. The van der Waals surface area contributed by atoms with Crippen molar-refractivity contribution < 1.29 is 38.5 Å². The van der Waals surface area contributed by atoms with Crippen molar-refractivity contribution in [2.75, 3.05) is 20.8 Å². The number of hydrogen-bond acceptors (Lipinski definition) is 6. The maximum atomic E-state index is 13.4. The predicted octanol–water partition coefficient (Wildman–Crippen LogP) is 3.91. The third kappa shape index (κ3) is 5.19. The first kappa shape index (κ1) is 24.8. The predicted molar refractivity (Wildman–Crippen MR) is 121 cm³/mol. The zero-order valence-electron chi connectivity index (χ0n) is 18.9. The molecule has 1 aliphatic heterocycles. The fourth-order valence-corrected chi connectivity index (χ4v) is 3.98. The van der Waals surface area contributed by atoms with Gasteiger partial charge in [0.05, 0.1) is 25.8 Å². The molecule has 2 aromatic carbocycles. The Hall–Kier alpha value is -3.88. The number of likely N-dealkylation sites (tertiary alicyclic amines) is 1. The van der Waals surface area contributed by atoms with Crippen LogP contribution in [-0.2, 0) is 14.4 Å². The number of nitrogens with zero attached hydrogens (tertiary/aromatic N) is 1. The Morgan fingerprint density at radius 3 is 2.32 bits per heavy atom. The van der Waals surface area contributed by atoms with Crippen LogP contribution in [0.15, 0.2) is 48.0 Å². The van der Waals surface area contributed by atoms with Gasteiger partial charge in [0.25, 0.3) is 11.7 Å². The van der Waals surface area contributed by atoms with E-state index in [4.69, 9.17) is 14.6 Å². The summed E-state index contributed by atoms with van der Waals surface area (Å²) in [4.78, 5) is 38.2. The van der Waals surface area contributed by atoms with Gasteiger partial charge < -0.3 is 24.6 Å². The van der Waals surface area contributed by atoms with Gasteiger partial charge in [-0.2, -0.15) is 0 Å². The van der Waals surface area contributed by atoms with Crippen molar-refractivity contribution in [3.8, 4) is 11.5 Å². The first-order valence-corrected chi connectivity index (χ1v) is 10.8. The van der Waals surface area contributed by atoms with Crippen molar-refractivity contribution in [3.05, 3.63) is 65.0 Å². The van der Waals surface area contributed by atoms with Crippen molar-refractivity contribution in [1.29, 1.82) is 0 Å². The molecule has 2 aromatic rings. The van der Waals surface area contributed by atoms with E-state index in [1.165, 1.54) is 31.3 Å². The van der Waals surface area contributed by atoms with Crippen molar-refractivity contribution in [3.63, 3.8) is 0 Å². The monoisotopic (exact) mass is 471 g/mol. The molecule has 9 heteroatoms. The lowest BCUT2D eigenvalue weighted by Gasteiger charge is -2.27. The van der Waals surface area contributed by atoms with E-state index in [9.17, 15) is 23.9 Å². The molecular formula is C25H26FNO7. The summed E-state index contributed by atoms with van der Waals surface area (Å²) in [6.45, 7) is 0.171. The van der Waals surface area contributed by atoms with Gasteiger partial charge in [0, 0.05) is 30.2 Å². The molecule has 1 heterocycles. The second kappa shape index (κ2) is 10.8. The Kier molecular flexibility index (Phi) is 7.88. The summed E-state index contributed by atoms with van der Waals surface area (Å²) in [5.41, 5.74) is 0.528. The Labute approximate surface area is 196 Å². The summed E-state index contributed by atoms with van der Waals surface area (Å²) in [6, 6.07) is 8.92. The number of halogens is 1. The van der Waals surface area contributed by atoms with Gasteiger partial charge in [-0.15, -0.1) is 0 Å². The zero-order chi connectivity index (χ0) is 24.8. The van der Waals surface area contributed by atoms with Crippen molar-refractivity contribution in [2.24, 2.45) is 0 Å². The minimum atomic E-state index is -0.953. The second-order valence-corrected chi connectivity index (χ2v) is 7.81. The number of methoxy groups -OCH3 is 2. The molecule has 0 spiro atoms. The number of Topliss-reactive ketones (excluding diaryl/α,β-unsaturated/α-hetero) is 1. The highest BCUT2D eigenvalue weighted by Gasteiger charge is 2.46. The number of aliphatic carboxylic acids is 1. The number of amides is 1. The van der Waals surface area contributed by atoms with Gasteiger partial charge in [0.1, 0.15) is 23.1 Å². The molecule has 8 nitrogen and oxygen atoms in total. The van der Waals surface area contributed by atoms with E-state index < -0.39 is 35.3 Å². The highest BCUT2D eigenvalue weighted by Crippen LogP contribution is 2.43. The lowest BCUT2D eigenvalue weighted by molar-refractivity contribution is -0.140. The summed E-state index contributed by atoms with van der Waals surface area (Å²) < 4.78 is 24.1. The number of carboxylic acid groups (broad SMARTS) is 1. The van der Waals surface area contributed by atoms with Crippen LogP contribution in [0.1, 0.15) is 42.9 Å². The minimum absolute atomic E-state index is 0.0130. The minimum Gasteiger partial charge on any atom is -0.507 e. The third-order valence-electron chi connectivity index (χ3n) is 5.68. The van der Waals surface area contributed by atoms with Crippen molar-refractivity contribution in [1.82, 2.24) is 4.90 Å².